The molecule has 1 aromatic heterocycles. The van der Waals surface area contributed by atoms with E-state index in [9.17, 15) is 0 Å². The Balaban J connectivity index is 2.30. The van der Waals surface area contributed by atoms with E-state index >= 15 is 0 Å². The van der Waals surface area contributed by atoms with Crippen molar-refractivity contribution < 1.29 is 0 Å². The second-order valence-corrected chi connectivity index (χ2v) is 7.86. The van der Waals surface area contributed by atoms with Crippen molar-refractivity contribution in [1.29, 1.82) is 0 Å². The maximum Gasteiger partial charge on any atom is 0.0982 e. The standard InChI is InChI=1S/C16H30N2S/c1-12(2)8-7-9-13(3)17-10-14-11-19-15(18-14)16(4,5)6/h11-13,17H,7-10H2,1-6H3. The Morgan fingerprint density at radius 3 is 2.42 bits per heavy atom. The molecule has 0 radical (unpaired) electrons. The predicted molar refractivity (Wildman–Crippen MR) is 85.8 cm³/mol. The van der Waals surface area contributed by atoms with Crippen molar-refractivity contribution in [3.8, 4) is 0 Å². The largest absolute Gasteiger partial charge is 0.309 e. The van der Waals surface area contributed by atoms with E-state index in [1.54, 1.807) is 11.3 Å². The Bertz CT molecular complexity index is 363. The van der Waals surface area contributed by atoms with Gasteiger partial charge in [0.2, 0.25) is 0 Å². The minimum absolute atomic E-state index is 0.172. The zero-order valence-corrected chi connectivity index (χ0v) is 14.2. The van der Waals surface area contributed by atoms with Crippen molar-refractivity contribution in [2.45, 2.75) is 78.8 Å². The average Bonchev–Trinajstić information content (AvgIpc) is 2.74. The van der Waals surface area contributed by atoms with E-state index in [2.05, 4.69) is 52.2 Å². The van der Waals surface area contributed by atoms with Crippen molar-refractivity contribution in [2.24, 2.45) is 5.92 Å². The zero-order chi connectivity index (χ0) is 14.5. The van der Waals surface area contributed by atoms with Crippen molar-refractivity contribution in [1.82, 2.24) is 10.3 Å². The van der Waals surface area contributed by atoms with Gasteiger partial charge >= 0.3 is 0 Å². The fourth-order valence-electron chi connectivity index (χ4n) is 1.95. The third-order valence-electron chi connectivity index (χ3n) is 3.24. The molecule has 0 bridgehead atoms. The van der Waals surface area contributed by atoms with E-state index in [1.165, 1.54) is 30.0 Å². The van der Waals surface area contributed by atoms with Gasteiger partial charge in [0, 0.05) is 23.4 Å². The zero-order valence-electron chi connectivity index (χ0n) is 13.4. The average molecular weight is 282 g/mol. The fraction of sp³-hybridized carbons (Fsp3) is 0.812. The molecule has 0 aliphatic heterocycles. The van der Waals surface area contributed by atoms with Crippen LogP contribution in [-0.2, 0) is 12.0 Å². The lowest BCUT2D eigenvalue weighted by atomic mass is 9.98. The first-order valence-corrected chi connectivity index (χ1v) is 8.35. The van der Waals surface area contributed by atoms with Crippen LogP contribution in [0.15, 0.2) is 5.38 Å². The summed E-state index contributed by atoms with van der Waals surface area (Å²) in [5.74, 6) is 0.820. The molecule has 0 aliphatic carbocycles. The van der Waals surface area contributed by atoms with Gasteiger partial charge in [-0.25, -0.2) is 4.98 Å². The van der Waals surface area contributed by atoms with Crippen LogP contribution in [0.2, 0.25) is 0 Å². The molecule has 2 nitrogen and oxygen atoms in total. The third-order valence-corrected chi connectivity index (χ3v) is 4.56. The van der Waals surface area contributed by atoms with Crippen LogP contribution in [-0.4, -0.2) is 11.0 Å². The molecular formula is C16H30N2S. The van der Waals surface area contributed by atoms with Gasteiger partial charge in [0.1, 0.15) is 0 Å². The molecule has 0 spiro atoms. The molecule has 19 heavy (non-hydrogen) atoms. The number of nitrogens with zero attached hydrogens (tertiary/aromatic N) is 1. The molecule has 0 amide bonds. The highest BCUT2D eigenvalue weighted by Gasteiger charge is 2.17. The van der Waals surface area contributed by atoms with Gasteiger partial charge in [0.25, 0.3) is 0 Å². The first-order valence-electron chi connectivity index (χ1n) is 7.47. The van der Waals surface area contributed by atoms with Gasteiger partial charge in [-0.05, 0) is 19.3 Å². The minimum Gasteiger partial charge on any atom is -0.309 e. The van der Waals surface area contributed by atoms with E-state index in [0.29, 0.717) is 6.04 Å². The van der Waals surface area contributed by atoms with Gasteiger partial charge in [-0.1, -0.05) is 47.5 Å². The van der Waals surface area contributed by atoms with Crippen molar-refractivity contribution in [2.75, 3.05) is 0 Å². The van der Waals surface area contributed by atoms with Crippen molar-refractivity contribution in [3.63, 3.8) is 0 Å². The van der Waals surface area contributed by atoms with E-state index < -0.39 is 0 Å². The van der Waals surface area contributed by atoms with Gasteiger partial charge in [0.05, 0.1) is 10.7 Å². The lowest BCUT2D eigenvalue weighted by molar-refractivity contribution is 0.455. The molecule has 1 rings (SSSR count). The highest BCUT2D eigenvalue weighted by atomic mass is 32.1. The highest BCUT2D eigenvalue weighted by molar-refractivity contribution is 7.09. The summed E-state index contributed by atoms with van der Waals surface area (Å²) < 4.78 is 0. The van der Waals surface area contributed by atoms with Gasteiger partial charge < -0.3 is 5.32 Å². The van der Waals surface area contributed by atoms with Crippen LogP contribution in [0.3, 0.4) is 0 Å². The van der Waals surface area contributed by atoms with E-state index in [1.807, 2.05) is 0 Å². The number of hydrogen-bond donors (Lipinski definition) is 1. The van der Waals surface area contributed by atoms with E-state index in [4.69, 9.17) is 4.98 Å². The Labute approximate surface area is 123 Å². The lowest BCUT2D eigenvalue weighted by Gasteiger charge is -2.15. The van der Waals surface area contributed by atoms with E-state index in [0.717, 1.165) is 12.5 Å². The Morgan fingerprint density at radius 1 is 1.21 bits per heavy atom. The summed E-state index contributed by atoms with van der Waals surface area (Å²) in [6.07, 6.45) is 3.90. The Kier molecular flexibility index (Phi) is 6.48. The molecule has 0 saturated heterocycles. The maximum atomic E-state index is 4.72. The summed E-state index contributed by atoms with van der Waals surface area (Å²) in [4.78, 5) is 4.72. The number of nitrogens with one attached hydrogen (secondary N) is 1. The summed E-state index contributed by atoms with van der Waals surface area (Å²) in [5, 5.41) is 7.00. The molecule has 1 unspecified atom stereocenters. The Morgan fingerprint density at radius 2 is 1.89 bits per heavy atom. The number of hydrogen-bond acceptors (Lipinski definition) is 3. The highest BCUT2D eigenvalue weighted by Crippen LogP contribution is 2.25. The minimum atomic E-state index is 0.172. The predicted octanol–water partition coefficient (Wildman–Crippen LogP) is 4.75. The van der Waals surface area contributed by atoms with Gasteiger partial charge in [-0.2, -0.15) is 0 Å². The van der Waals surface area contributed by atoms with Crippen molar-refractivity contribution in [3.05, 3.63) is 16.1 Å². The van der Waals surface area contributed by atoms with Crippen molar-refractivity contribution >= 4 is 11.3 Å². The lowest BCUT2D eigenvalue weighted by Crippen LogP contribution is -2.25. The second-order valence-electron chi connectivity index (χ2n) is 7.00. The van der Waals surface area contributed by atoms with Gasteiger partial charge in [-0.3, -0.25) is 0 Å². The summed E-state index contributed by atoms with van der Waals surface area (Å²) in [7, 11) is 0. The fourth-order valence-corrected chi connectivity index (χ4v) is 2.85. The van der Waals surface area contributed by atoms with Crippen LogP contribution in [0.4, 0.5) is 0 Å². The smallest absolute Gasteiger partial charge is 0.0982 e. The summed E-state index contributed by atoms with van der Waals surface area (Å²) in [6.45, 7) is 14.4. The first kappa shape index (κ1) is 16.6. The molecule has 0 saturated carbocycles. The molecule has 1 N–H and O–H groups in total. The first-order chi connectivity index (χ1) is 8.79. The number of rotatable bonds is 7. The van der Waals surface area contributed by atoms with Gasteiger partial charge in [0.15, 0.2) is 0 Å². The van der Waals surface area contributed by atoms with Crippen LogP contribution in [0.1, 0.15) is 71.5 Å². The van der Waals surface area contributed by atoms with Crippen LogP contribution < -0.4 is 5.32 Å². The normalized spacial score (nSPS) is 14.1. The molecule has 3 heteroatoms. The topological polar surface area (TPSA) is 24.9 Å². The quantitative estimate of drug-likeness (QED) is 0.781. The molecule has 1 atom stereocenters. The van der Waals surface area contributed by atoms with Gasteiger partial charge in [-0.15, -0.1) is 11.3 Å². The molecular weight excluding hydrogens is 252 g/mol. The summed E-state index contributed by atoms with van der Waals surface area (Å²) in [6, 6.07) is 0.582. The second kappa shape index (κ2) is 7.39. The Hall–Kier alpha value is -0.410. The third kappa shape index (κ3) is 6.53. The molecule has 110 valence electrons. The number of thiazole rings is 1. The molecule has 0 fully saturated rings. The van der Waals surface area contributed by atoms with E-state index in [-0.39, 0.29) is 5.41 Å². The van der Waals surface area contributed by atoms with Crippen LogP contribution in [0.25, 0.3) is 0 Å². The summed E-state index contributed by atoms with van der Waals surface area (Å²) >= 11 is 1.78. The maximum absolute atomic E-state index is 4.72. The molecule has 1 aromatic rings. The molecule has 0 aromatic carbocycles. The van der Waals surface area contributed by atoms with Crippen LogP contribution in [0, 0.1) is 5.92 Å². The molecule has 0 aliphatic rings. The monoisotopic (exact) mass is 282 g/mol. The van der Waals surface area contributed by atoms with Crippen LogP contribution in [0.5, 0.6) is 0 Å². The number of aromatic nitrogens is 1. The SMILES string of the molecule is CC(C)CCCC(C)NCc1csc(C(C)(C)C)n1. The molecule has 1 heterocycles. The van der Waals surface area contributed by atoms with Crippen LogP contribution >= 0.6 is 11.3 Å². The summed E-state index contributed by atoms with van der Waals surface area (Å²) in [5.41, 5.74) is 1.36.